The molecule has 0 saturated carbocycles. The number of thioether (sulfide) groups is 1. The van der Waals surface area contributed by atoms with Crippen molar-refractivity contribution in [3.63, 3.8) is 0 Å². The minimum absolute atomic E-state index is 0.0772. The number of benzene rings is 2. The Morgan fingerprint density at radius 3 is 2.69 bits per heavy atom. The van der Waals surface area contributed by atoms with Crippen LogP contribution in [0.15, 0.2) is 70.3 Å². The van der Waals surface area contributed by atoms with E-state index in [1.54, 1.807) is 17.7 Å². The van der Waals surface area contributed by atoms with E-state index in [0.29, 0.717) is 11.6 Å². The van der Waals surface area contributed by atoms with Crippen molar-refractivity contribution in [1.82, 2.24) is 20.0 Å². The van der Waals surface area contributed by atoms with E-state index in [9.17, 15) is 9.18 Å². The zero-order chi connectivity index (χ0) is 22.5. The lowest BCUT2D eigenvalue weighted by Crippen LogP contribution is -2.16. The summed E-state index contributed by atoms with van der Waals surface area (Å²) in [6.07, 6.45) is -0.528. The number of aryl methyl sites for hydroxylation is 1. The maximum absolute atomic E-state index is 13.0. The van der Waals surface area contributed by atoms with Gasteiger partial charge >= 0.3 is 0 Å². The lowest BCUT2D eigenvalue weighted by molar-refractivity contribution is -0.113. The highest BCUT2D eigenvalue weighted by Crippen LogP contribution is 2.24. The summed E-state index contributed by atoms with van der Waals surface area (Å²) in [6.45, 7) is 3.60. The Hall–Kier alpha value is -3.66. The standard InChI is InChI=1S/C22H20FN5O3S/c1-14-12-19(28(27-14)17-6-4-3-5-7-17)24-20(29)13-32-22-26-25-21(31-22)15(2)30-18-10-8-16(23)9-11-18/h3-12,15H,13H2,1-2H3,(H,24,29)/t15-/m1/s1. The molecule has 164 valence electrons. The number of aromatic nitrogens is 4. The van der Waals surface area contributed by atoms with Gasteiger partial charge in [-0.2, -0.15) is 5.10 Å². The first-order valence-electron chi connectivity index (χ1n) is 9.78. The van der Waals surface area contributed by atoms with Crippen LogP contribution in [0, 0.1) is 12.7 Å². The summed E-state index contributed by atoms with van der Waals surface area (Å²) in [5.41, 5.74) is 1.63. The van der Waals surface area contributed by atoms with Gasteiger partial charge in [-0.25, -0.2) is 9.07 Å². The van der Waals surface area contributed by atoms with E-state index in [2.05, 4.69) is 20.6 Å². The molecule has 0 bridgehead atoms. The summed E-state index contributed by atoms with van der Waals surface area (Å²) in [5, 5.41) is 15.5. The fourth-order valence-corrected chi connectivity index (χ4v) is 3.44. The van der Waals surface area contributed by atoms with E-state index >= 15 is 0 Å². The van der Waals surface area contributed by atoms with Crippen LogP contribution in [0.25, 0.3) is 5.69 Å². The molecule has 10 heteroatoms. The van der Waals surface area contributed by atoms with Gasteiger partial charge in [-0.15, -0.1) is 10.2 Å². The van der Waals surface area contributed by atoms with Gasteiger partial charge in [-0.3, -0.25) is 4.79 Å². The molecule has 2 aromatic heterocycles. The van der Waals surface area contributed by atoms with E-state index in [1.165, 1.54) is 24.3 Å². The van der Waals surface area contributed by atoms with E-state index in [-0.39, 0.29) is 28.6 Å². The molecule has 2 heterocycles. The summed E-state index contributed by atoms with van der Waals surface area (Å²) in [4.78, 5) is 12.5. The summed E-state index contributed by atoms with van der Waals surface area (Å²) in [6, 6.07) is 17.0. The average Bonchev–Trinajstić information content (AvgIpc) is 3.41. The predicted octanol–water partition coefficient (Wildman–Crippen LogP) is 4.57. The summed E-state index contributed by atoms with van der Waals surface area (Å²) < 4.78 is 25.9. The third-order valence-corrected chi connectivity index (χ3v) is 5.14. The number of carbonyl (C=O) groups is 1. The van der Waals surface area contributed by atoms with Gasteiger partial charge in [0.2, 0.25) is 5.91 Å². The lowest BCUT2D eigenvalue weighted by atomic mass is 10.3. The monoisotopic (exact) mass is 453 g/mol. The van der Waals surface area contributed by atoms with Gasteiger partial charge in [0, 0.05) is 6.07 Å². The molecule has 4 rings (SSSR count). The maximum atomic E-state index is 13.0. The minimum Gasteiger partial charge on any atom is -0.481 e. The first-order valence-corrected chi connectivity index (χ1v) is 10.8. The van der Waals surface area contributed by atoms with Crippen molar-refractivity contribution >= 4 is 23.5 Å². The molecule has 0 saturated heterocycles. The number of nitrogens with one attached hydrogen (secondary N) is 1. The molecular formula is C22H20FN5O3S. The van der Waals surface area contributed by atoms with Crippen LogP contribution in [-0.2, 0) is 4.79 Å². The topological polar surface area (TPSA) is 95.1 Å². The highest BCUT2D eigenvalue weighted by molar-refractivity contribution is 7.99. The third-order valence-electron chi connectivity index (χ3n) is 4.32. The van der Waals surface area contributed by atoms with Crippen molar-refractivity contribution in [2.75, 3.05) is 11.1 Å². The van der Waals surface area contributed by atoms with Gasteiger partial charge in [0.25, 0.3) is 11.1 Å². The SMILES string of the molecule is Cc1cc(NC(=O)CSc2nnc([C@@H](C)Oc3ccc(F)cc3)o2)n(-c2ccccc2)n1. The Kier molecular flexibility index (Phi) is 6.50. The largest absolute Gasteiger partial charge is 0.481 e. The van der Waals surface area contributed by atoms with Crippen molar-refractivity contribution in [2.45, 2.75) is 25.2 Å². The van der Waals surface area contributed by atoms with Crippen LogP contribution in [0.2, 0.25) is 0 Å². The van der Waals surface area contributed by atoms with Gasteiger partial charge < -0.3 is 14.5 Å². The minimum atomic E-state index is -0.528. The number of halogens is 1. The van der Waals surface area contributed by atoms with Crippen molar-refractivity contribution in [3.8, 4) is 11.4 Å². The first kappa shape index (κ1) is 21.6. The Morgan fingerprint density at radius 1 is 1.19 bits per heavy atom. The van der Waals surface area contributed by atoms with Crippen molar-refractivity contribution in [1.29, 1.82) is 0 Å². The third kappa shape index (κ3) is 5.33. The second kappa shape index (κ2) is 9.65. The number of amides is 1. The molecule has 0 spiro atoms. The molecule has 4 aromatic rings. The van der Waals surface area contributed by atoms with E-state index in [0.717, 1.165) is 23.1 Å². The number of anilines is 1. The normalized spacial score (nSPS) is 11.8. The highest BCUT2D eigenvalue weighted by Gasteiger charge is 2.18. The molecule has 0 aliphatic carbocycles. The van der Waals surface area contributed by atoms with E-state index in [1.807, 2.05) is 37.3 Å². The highest BCUT2D eigenvalue weighted by atomic mass is 32.2. The second-order valence-electron chi connectivity index (χ2n) is 6.88. The average molecular weight is 453 g/mol. The van der Waals surface area contributed by atoms with Crippen LogP contribution in [-0.4, -0.2) is 31.6 Å². The number of ether oxygens (including phenoxy) is 1. The first-order chi connectivity index (χ1) is 15.5. The smallest absolute Gasteiger partial charge is 0.277 e. The fourth-order valence-electron chi connectivity index (χ4n) is 2.87. The van der Waals surface area contributed by atoms with Gasteiger partial charge in [0.05, 0.1) is 17.1 Å². The molecule has 1 N–H and O–H groups in total. The van der Waals surface area contributed by atoms with Gasteiger partial charge in [-0.1, -0.05) is 30.0 Å². The molecule has 0 aliphatic rings. The predicted molar refractivity (Wildman–Crippen MR) is 117 cm³/mol. The zero-order valence-electron chi connectivity index (χ0n) is 17.4. The van der Waals surface area contributed by atoms with Crippen molar-refractivity contribution in [3.05, 3.63) is 78.1 Å². The fraction of sp³-hybridized carbons (Fsp3) is 0.182. The summed E-state index contributed by atoms with van der Waals surface area (Å²) in [5.74, 6) is 0.815. The van der Waals surface area contributed by atoms with Crippen molar-refractivity contribution < 1.29 is 18.3 Å². The van der Waals surface area contributed by atoms with Crippen LogP contribution in [0.3, 0.4) is 0 Å². The van der Waals surface area contributed by atoms with Crippen LogP contribution in [0.5, 0.6) is 5.75 Å². The molecule has 32 heavy (non-hydrogen) atoms. The van der Waals surface area contributed by atoms with Gasteiger partial charge in [0.1, 0.15) is 17.4 Å². The van der Waals surface area contributed by atoms with Crippen LogP contribution in [0.4, 0.5) is 10.2 Å². The quantitative estimate of drug-likeness (QED) is 0.390. The zero-order valence-corrected chi connectivity index (χ0v) is 18.2. The lowest BCUT2D eigenvalue weighted by Gasteiger charge is -2.10. The Balaban J connectivity index is 1.33. The molecular weight excluding hydrogens is 433 g/mol. The number of hydrogen-bond acceptors (Lipinski definition) is 7. The van der Waals surface area contributed by atoms with E-state index < -0.39 is 6.10 Å². The number of carbonyl (C=O) groups excluding carboxylic acids is 1. The molecule has 0 fully saturated rings. The number of para-hydroxylation sites is 1. The molecule has 8 nitrogen and oxygen atoms in total. The van der Waals surface area contributed by atoms with E-state index in [4.69, 9.17) is 9.15 Å². The second-order valence-corrected chi connectivity index (χ2v) is 7.80. The summed E-state index contributed by atoms with van der Waals surface area (Å²) >= 11 is 1.12. The van der Waals surface area contributed by atoms with Gasteiger partial charge in [0.15, 0.2) is 6.10 Å². The maximum Gasteiger partial charge on any atom is 0.277 e. The molecule has 1 amide bonds. The van der Waals surface area contributed by atoms with Crippen LogP contribution >= 0.6 is 11.8 Å². The Labute approximate surface area is 187 Å². The Bertz CT molecular complexity index is 1190. The molecule has 0 unspecified atom stereocenters. The molecule has 0 radical (unpaired) electrons. The van der Waals surface area contributed by atoms with Gasteiger partial charge in [-0.05, 0) is 50.2 Å². The molecule has 0 aliphatic heterocycles. The van der Waals surface area contributed by atoms with Crippen molar-refractivity contribution in [2.24, 2.45) is 0 Å². The number of nitrogens with zero attached hydrogens (tertiary/aromatic N) is 4. The summed E-state index contributed by atoms with van der Waals surface area (Å²) in [7, 11) is 0. The van der Waals surface area contributed by atoms with Crippen LogP contribution in [0.1, 0.15) is 24.6 Å². The van der Waals surface area contributed by atoms with Crippen LogP contribution < -0.4 is 10.1 Å². The molecule has 1 atom stereocenters. The molecule has 2 aromatic carbocycles. The Morgan fingerprint density at radius 2 is 1.94 bits per heavy atom. The number of hydrogen-bond donors (Lipinski definition) is 1. The number of rotatable bonds is 8.